The van der Waals surface area contributed by atoms with Crippen LogP contribution >= 0.6 is 0 Å². The first-order chi connectivity index (χ1) is 37.0. The van der Waals surface area contributed by atoms with Crippen LogP contribution in [0.1, 0.15) is 74.9 Å². The van der Waals surface area contributed by atoms with E-state index in [1.807, 2.05) is 0 Å². The van der Waals surface area contributed by atoms with Gasteiger partial charge in [0, 0.05) is 16.9 Å². The Hall–Kier alpha value is -8.78. The summed E-state index contributed by atoms with van der Waals surface area (Å²) in [6.07, 6.45) is 0. The van der Waals surface area contributed by atoms with Crippen molar-refractivity contribution < 1.29 is 0 Å². The number of hydrogen-bond acceptors (Lipinski definition) is 1. The van der Waals surface area contributed by atoms with Crippen molar-refractivity contribution >= 4 is 17.1 Å². The Bertz CT molecular complexity index is 3930. The summed E-state index contributed by atoms with van der Waals surface area (Å²) in [6, 6.07) is 97.6. The summed E-state index contributed by atoms with van der Waals surface area (Å²) in [5.41, 5.74) is 28.0. The fraction of sp³-hybridized carbons (Fsp3) is 0.120. The summed E-state index contributed by atoms with van der Waals surface area (Å²) in [5.74, 6) is 0. The molecule has 366 valence electrons. The molecule has 11 aromatic rings. The van der Waals surface area contributed by atoms with Crippen molar-refractivity contribution in [2.75, 3.05) is 4.90 Å². The Morgan fingerprint density at radius 1 is 0.250 bits per heavy atom. The van der Waals surface area contributed by atoms with Crippen molar-refractivity contribution in [2.45, 2.75) is 57.8 Å². The molecule has 0 heterocycles. The van der Waals surface area contributed by atoms with Gasteiger partial charge in [-0.3, -0.25) is 0 Å². The minimum Gasteiger partial charge on any atom is -0.310 e. The molecule has 0 radical (unpaired) electrons. The lowest BCUT2D eigenvalue weighted by molar-refractivity contribution is 0.586. The highest BCUT2D eigenvalue weighted by molar-refractivity contribution is 6.00. The van der Waals surface area contributed by atoms with Crippen molar-refractivity contribution in [3.05, 3.63) is 294 Å². The van der Waals surface area contributed by atoms with E-state index in [1.54, 1.807) is 0 Å². The van der Waals surface area contributed by atoms with E-state index in [2.05, 4.69) is 307 Å². The van der Waals surface area contributed by atoms with Crippen LogP contribution in [0.15, 0.2) is 261 Å². The molecular weight excluding hydrogens is 915 g/mol. The second-order valence-electron chi connectivity index (χ2n) is 22.8. The van der Waals surface area contributed by atoms with E-state index in [4.69, 9.17) is 0 Å². The minimum atomic E-state index is -0.499. The summed E-state index contributed by atoms with van der Waals surface area (Å²) >= 11 is 0. The van der Waals surface area contributed by atoms with Gasteiger partial charge in [-0.15, -0.1) is 0 Å². The van der Waals surface area contributed by atoms with Crippen molar-refractivity contribution in [3.8, 4) is 77.9 Å². The number of anilines is 3. The Balaban J connectivity index is 1.03. The molecule has 1 heteroatoms. The summed E-state index contributed by atoms with van der Waals surface area (Å²) in [7, 11) is 0. The van der Waals surface area contributed by atoms with Gasteiger partial charge >= 0.3 is 0 Å². The molecule has 1 nitrogen and oxygen atoms in total. The highest BCUT2D eigenvalue weighted by atomic mass is 15.1. The van der Waals surface area contributed by atoms with E-state index in [1.165, 1.54) is 106 Å². The normalized spacial score (nSPS) is 13.0. The Morgan fingerprint density at radius 3 is 1.26 bits per heavy atom. The van der Waals surface area contributed by atoms with Gasteiger partial charge in [-0.05, 0) is 153 Å². The van der Waals surface area contributed by atoms with Crippen LogP contribution in [0.2, 0.25) is 0 Å². The Morgan fingerprint density at radius 2 is 0.671 bits per heavy atom. The van der Waals surface area contributed by atoms with Crippen LogP contribution in [0.3, 0.4) is 0 Å². The molecule has 13 rings (SSSR count). The van der Waals surface area contributed by atoms with Crippen molar-refractivity contribution in [2.24, 2.45) is 0 Å². The molecule has 0 bridgehead atoms. The topological polar surface area (TPSA) is 3.24 Å². The Labute approximate surface area is 449 Å². The zero-order chi connectivity index (χ0) is 51.8. The van der Waals surface area contributed by atoms with Gasteiger partial charge in [-0.25, -0.2) is 0 Å². The number of fused-ring (bicyclic) bond motifs is 10. The molecule has 0 amide bonds. The third-order valence-corrected chi connectivity index (χ3v) is 16.2. The minimum absolute atomic E-state index is 0.0250. The first-order valence-electron chi connectivity index (χ1n) is 26.9. The van der Waals surface area contributed by atoms with Crippen LogP contribution in [-0.4, -0.2) is 0 Å². The summed E-state index contributed by atoms with van der Waals surface area (Å²) < 4.78 is 0. The van der Waals surface area contributed by atoms with Gasteiger partial charge in [0.1, 0.15) is 0 Å². The van der Waals surface area contributed by atoms with Gasteiger partial charge in [0.2, 0.25) is 0 Å². The zero-order valence-corrected chi connectivity index (χ0v) is 44.3. The molecule has 2 aliphatic carbocycles. The molecule has 76 heavy (non-hydrogen) atoms. The molecule has 1 spiro atoms. The molecule has 0 unspecified atom stereocenters. The standard InChI is InChI=1S/C75H61N/c1-73(2,3)55-38-43-64-65-44-39-56(74(4,5)6)48-71(65)75(70(64)47-55)68-34-19-17-32-63(68)67-49-58(42-45-69(67)75)76(57-40-36-51(37-41-57)54-27-21-26-53(46-54)50-22-9-7-10-23-50)72-35-20-18-33-66(72)62-31-16-15-30-61(62)60-29-14-13-28-59(60)52-24-11-8-12-25-52/h7-49H,1-6H3. The van der Waals surface area contributed by atoms with E-state index in [-0.39, 0.29) is 10.8 Å². The lowest BCUT2D eigenvalue weighted by Crippen LogP contribution is -2.27. The predicted octanol–water partition coefficient (Wildman–Crippen LogP) is 20.4. The fourth-order valence-electron chi connectivity index (χ4n) is 12.4. The highest BCUT2D eigenvalue weighted by Gasteiger charge is 2.52. The third kappa shape index (κ3) is 7.76. The number of rotatable bonds is 8. The lowest BCUT2D eigenvalue weighted by Gasteiger charge is -2.33. The zero-order valence-electron chi connectivity index (χ0n) is 44.3. The number of nitrogens with zero attached hydrogens (tertiary/aromatic N) is 1. The molecular formula is C75H61N. The second kappa shape index (κ2) is 18.3. The smallest absolute Gasteiger partial charge is 0.0725 e. The maximum Gasteiger partial charge on any atom is 0.0725 e. The van der Waals surface area contributed by atoms with Crippen LogP contribution in [0.25, 0.3) is 77.9 Å². The van der Waals surface area contributed by atoms with E-state index >= 15 is 0 Å². The molecule has 11 aromatic carbocycles. The van der Waals surface area contributed by atoms with Crippen molar-refractivity contribution in [1.29, 1.82) is 0 Å². The van der Waals surface area contributed by atoms with Crippen LogP contribution in [0, 0.1) is 0 Å². The predicted molar refractivity (Wildman–Crippen MR) is 322 cm³/mol. The highest BCUT2D eigenvalue weighted by Crippen LogP contribution is 2.64. The Kier molecular flexibility index (Phi) is 11.3. The summed E-state index contributed by atoms with van der Waals surface area (Å²) in [6.45, 7) is 14.0. The van der Waals surface area contributed by atoms with E-state index in [0.29, 0.717) is 0 Å². The lowest BCUT2D eigenvalue weighted by atomic mass is 9.69. The maximum atomic E-state index is 2.54. The van der Waals surface area contributed by atoms with Gasteiger partial charge in [-0.1, -0.05) is 266 Å². The second-order valence-corrected chi connectivity index (χ2v) is 22.8. The molecule has 0 saturated heterocycles. The fourth-order valence-corrected chi connectivity index (χ4v) is 12.4. The number of hydrogen-bond donors (Lipinski definition) is 0. The van der Waals surface area contributed by atoms with Crippen molar-refractivity contribution in [3.63, 3.8) is 0 Å². The largest absolute Gasteiger partial charge is 0.310 e. The molecule has 0 atom stereocenters. The molecule has 0 fully saturated rings. The van der Waals surface area contributed by atoms with E-state index < -0.39 is 5.41 Å². The average Bonchev–Trinajstić information content (AvgIpc) is 4.14. The van der Waals surface area contributed by atoms with Crippen LogP contribution in [-0.2, 0) is 16.2 Å². The quantitative estimate of drug-likeness (QED) is 0.147. The molecule has 0 aromatic heterocycles. The van der Waals surface area contributed by atoms with Crippen LogP contribution in [0.4, 0.5) is 17.1 Å². The average molecular weight is 976 g/mol. The molecule has 0 N–H and O–H groups in total. The number of benzene rings is 11. The summed E-state index contributed by atoms with van der Waals surface area (Å²) in [4.78, 5) is 2.50. The third-order valence-electron chi connectivity index (χ3n) is 16.2. The van der Waals surface area contributed by atoms with Gasteiger partial charge in [0.05, 0.1) is 11.1 Å². The SMILES string of the molecule is CC(C)(C)c1ccc2c(c1)C1(c3ccccc3-c3cc(N(c4ccc(-c5cccc(-c6ccccc6)c5)cc4)c4ccccc4-c4ccccc4-c4ccccc4-c4ccccc4)ccc31)c1cc(C(C)(C)C)ccc1-2. The van der Waals surface area contributed by atoms with E-state index in [0.717, 1.165) is 22.6 Å². The monoisotopic (exact) mass is 975 g/mol. The van der Waals surface area contributed by atoms with E-state index in [9.17, 15) is 0 Å². The van der Waals surface area contributed by atoms with Gasteiger partial charge < -0.3 is 4.90 Å². The number of para-hydroxylation sites is 1. The first kappa shape index (κ1) is 47.0. The molecule has 0 saturated carbocycles. The molecule has 2 aliphatic rings. The van der Waals surface area contributed by atoms with Crippen molar-refractivity contribution in [1.82, 2.24) is 0 Å². The summed E-state index contributed by atoms with van der Waals surface area (Å²) in [5, 5.41) is 0. The van der Waals surface area contributed by atoms with Gasteiger partial charge in [-0.2, -0.15) is 0 Å². The van der Waals surface area contributed by atoms with Gasteiger partial charge in [0.25, 0.3) is 0 Å². The van der Waals surface area contributed by atoms with Crippen LogP contribution in [0.5, 0.6) is 0 Å². The van der Waals surface area contributed by atoms with Crippen LogP contribution < -0.4 is 4.90 Å². The van der Waals surface area contributed by atoms with Gasteiger partial charge in [0.15, 0.2) is 0 Å². The first-order valence-corrected chi connectivity index (χ1v) is 26.9. The molecule has 0 aliphatic heterocycles. The maximum absolute atomic E-state index is 2.54.